The molecule has 1 fully saturated rings. The predicted octanol–water partition coefficient (Wildman–Crippen LogP) is 3.35. The molecule has 0 saturated carbocycles. The third-order valence-corrected chi connectivity index (χ3v) is 5.08. The fourth-order valence-corrected chi connectivity index (χ4v) is 3.54. The van der Waals surface area contributed by atoms with Crippen molar-refractivity contribution in [3.05, 3.63) is 66.9 Å². The zero-order valence-corrected chi connectivity index (χ0v) is 15.7. The van der Waals surface area contributed by atoms with Crippen molar-refractivity contribution in [1.29, 1.82) is 0 Å². The SMILES string of the molecule is F[C@H]1CCN(c2ccc(CNc3cc(-c4cnc5ccccn45)ncn3)cn2)C1. The first-order chi connectivity index (χ1) is 14.3. The Morgan fingerprint density at radius 2 is 2.03 bits per heavy atom. The first-order valence-electron chi connectivity index (χ1n) is 9.58. The number of imidazole rings is 1. The number of fused-ring (bicyclic) bond motifs is 1. The Kier molecular flexibility index (Phi) is 4.51. The molecule has 1 aliphatic heterocycles. The van der Waals surface area contributed by atoms with Gasteiger partial charge in [0, 0.05) is 31.5 Å². The van der Waals surface area contributed by atoms with Gasteiger partial charge in [-0.2, -0.15) is 0 Å². The Balaban J connectivity index is 1.28. The summed E-state index contributed by atoms with van der Waals surface area (Å²) in [5, 5.41) is 3.31. The molecular formula is C21H20FN7. The molecule has 29 heavy (non-hydrogen) atoms. The van der Waals surface area contributed by atoms with Crippen molar-refractivity contribution >= 4 is 17.3 Å². The largest absolute Gasteiger partial charge is 0.366 e. The summed E-state index contributed by atoms with van der Waals surface area (Å²) in [5.74, 6) is 1.55. The second-order valence-corrected chi connectivity index (χ2v) is 7.07. The van der Waals surface area contributed by atoms with E-state index in [0.717, 1.165) is 40.8 Å². The van der Waals surface area contributed by atoms with Crippen LogP contribution in [0.25, 0.3) is 17.0 Å². The van der Waals surface area contributed by atoms with E-state index in [1.165, 1.54) is 0 Å². The molecule has 0 unspecified atom stereocenters. The Morgan fingerprint density at radius 1 is 1.07 bits per heavy atom. The molecule has 1 N–H and O–H groups in total. The lowest BCUT2D eigenvalue weighted by Crippen LogP contribution is -2.21. The van der Waals surface area contributed by atoms with Gasteiger partial charge in [0.25, 0.3) is 0 Å². The minimum Gasteiger partial charge on any atom is -0.366 e. The quantitative estimate of drug-likeness (QED) is 0.564. The zero-order valence-electron chi connectivity index (χ0n) is 15.7. The molecule has 1 atom stereocenters. The maximum atomic E-state index is 13.4. The van der Waals surface area contributed by atoms with Crippen molar-refractivity contribution in [1.82, 2.24) is 24.3 Å². The molecule has 0 aromatic carbocycles. The topological polar surface area (TPSA) is 71.2 Å². The zero-order chi connectivity index (χ0) is 19.6. The van der Waals surface area contributed by atoms with Gasteiger partial charge in [0.1, 0.15) is 29.8 Å². The molecule has 8 heteroatoms. The number of hydrogen-bond donors (Lipinski definition) is 1. The molecule has 5 heterocycles. The van der Waals surface area contributed by atoms with Crippen molar-refractivity contribution in [2.75, 3.05) is 23.3 Å². The molecule has 4 aromatic rings. The number of rotatable bonds is 5. The first kappa shape index (κ1) is 17.5. The van der Waals surface area contributed by atoms with E-state index in [2.05, 4.69) is 25.3 Å². The van der Waals surface area contributed by atoms with Crippen LogP contribution in [0.1, 0.15) is 12.0 Å². The van der Waals surface area contributed by atoms with Crippen LogP contribution >= 0.6 is 0 Å². The van der Waals surface area contributed by atoms with E-state index in [4.69, 9.17) is 0 Å². The Bertz CT molecular complexity index is 1130. The number of pyridine rings is 2. The second-order valence-electron chi connectivity index (χ2n) is 7.07. The summed E-state index contributed by atoms with van der Waals surface area (Å²) in [4.78, 5) is 19.6. The van der Waals surface area contributed by atoms with E-state index >= 15 is 0 Å². The number of anilines is 2. The lowest BCUT2D eigenvalue weighted by atomic mass is 10.2. The number of nitrogens with zero attached hydrogens (tertiary/aromatic N) is 6. The van der Waals surface area contributed by atoms with E-state index in [0.29, 0.717) is 19.5 Å². The number of nitrogens with one attached hydrogen (secondary N) is 1. The van der Waals surface area contributed by atoms with Gasteiger partial charge in [-0.25, -0.2) is 24.3 Å². The Labute approximate surface area is 167 Å². The summed E-state index contributed by atoms with van der Waals surface area (Å²) in [6.07, 6.45) is 6.96. The van der Waals surface area contributed by atoms with Crippen LogP contribution < -0.4 is 10.2 Å². The second kappa shape index (κ2) is 7.46. The number of aromatic nitrogens is 5. The van der Waals surface area contributed by atoms with Crippen molar-refractivity contribution in [2.24, 2.45) is 0 Å². The van der Waals surface area contributed by atoms with Crippen LogP contribution in [0.4, 0.5) is 16.0 Å². The van der Waals surface area contributed by atoms with E-state index < -0.39 is 6.17 Å². The summed E-state index contributed by atoms with van der Waals surface area (Å²) >= 11 is 0. The smallest absolute Gasteiger partial charge is 0.137 e. The standard InChI is InChI=1S/C21H20FN7/c22-16-6-8-28(13-16)20-5-4-15(11-24-20)10-23-19-9-17(26-14-27-19)18-12-25-21-3-1-2-7-29(18)21/h1-5,7,9,11-12,14,16H,6,8,10,13H2,(H,23,26,27)/t16-/m0/s1. The third kappa shape index (κ3) is 3.61. The van der Waals surface area contributed by atoms with Crippen LogP contribution in [-0.4, -0.2) is 43.6 Å². The van der Waals surface area contributed by atoms with Gasteiger partial charge in [-0.3, -0.25) is 4.40 Å². The lowest BCUT2D eigenvalue weighted by molar-refractivity contribution is 0.364. The maximum absolute atomic E-state index is 13.4. The van der Waals surface area contributed by atoms with Crippen molar-refractivity contribution in [3.63, 3.8) is 0 Å². The highest BCUT2D eigenvalue weighted by Gasteiger charge is 2.22. The van der Waals surface area contributed by atoms with Crippen molar-refractivity contribution < 1.29 is 4.39 Å². The van der Waals surface area contributed by atoms with E-state index in [1.807, 2.05) is 64.3 Å². The molecule has 7 nitrogen and oxygen atoms in total. The molecule has 0 amide bonds. The minimum atomic E-state index is -0.752. The monoisotopic (exact) mass is 389 g/mol. The molecule has 4 aromatic heterocycles. The van der Waals surface area contributed by atoms with Gasteiger partial charge in [-0.15, -0.1) is 0 Å². The van der Waals surface area contributed by atoms with Crippen LogP contribution in [0.3, 0.4) is 0 Å². The van der Waals surface area contributed by atoms with Gasteiger partial charge in [-0.1, -0.05) is 12.1 Å². The average molecular weight is 389 g/mol. The minimum absolute atomic E-state index is 0.428. The van der Waals surface area contributed by atoms with Crippen LogP contribution in [0.2, 0.25) is 0 Å². The van der Waals surface area contributed by atoms with Gasteiger partial charge in [0.05, 0.1) is 24.1 Å². The first-order valence-corrected chi connectivity index (χ1v) is 9.58. The van der Waals surface area contributed by atoms with Gasteiger partial charge < -0.3 is 10.2 Å². The summed E-state index contributed by atoms with van der Waals surface area (Å²) < 4.78 is 15.4. The average Bonchev–Trinajstić information content (AvgIpc) is 3.39. The number of alkyl halides is 1. The number of halogens is 1. The number of hydrogen-bond acceptors (Lipinski definition) is 6. The van der Waals surface area contributed by atoms with Gasteiger partial charge in [-0.05, 0) is 30.2 Å². The highest BCUT2D eigenvalue weighted by Crippen LogP contribution is 2.22. The third-order valence-electron chi connectivity index (χ3n) is 5.08. The van der Waals surface area contributed by atoms with Gasteiger partial charge in [0.15, 0.2) is 0 Å². The molecule has 5 rings (SSSR count). The molecule has 0 aliphatic carbocycles. The normalized spacial score (nSPS) is 16.4. The molecule has 1 saturated heterocycles. The van der Waals surface area contributed by atoms with E-state index in [9.17, 15) is 4.39 Å². The molecular weight excluding hydrogens is 369 g/mol. The van der Waals surface area contributed by atoms with E-state index in [1.54, 1.807) is 6.33 Å². The fourth-order valence-electron chi connectivity index (χ4n) is 3.54. The lowest BCUT2D eigenvalue weighted by Gasteiger charge is -2.16. The van der Waals surface area contributed by atoms with E-state index in [-0.39, 0.29) is 0 Å². The van der Waals surface area contributed by atoms with Gasteiger partial charge in [0.2, 0.25) is 0 Å². The summed E-state index contributed by atoms with van der Waals surface area (Å²) in [6, 6.07) is 11.7. The maximum Gasteiger partial charge on any atom is 0.137 e. The van der Waals surface area contributed by atoms with Crippen LogP contribution in [0.15, 0.2) is 61.3 Å². The highest BCUT2D eigenvalue weighted by atomic mass is 19.1. The molecule has 146 valence electrons. The van der Waals surface area contributed by atoms with Crippen LogP contribution in [0, 0.1) is 0 Å². The molecule has 0 spiro atoms. The Hall–Kier alpha value is -3.55. The van der Waals surface area contributed by atoms with Crippen LogP contribution in [0.5, 0.6) is 0 Å². The Morgan fingerprint density at radius 3 is 2.86 bits per heavy atom. The molecule has 0 radical (unpaired) electrons. The van der Waals surface area contributed by atoms with Crippen LogP contribution in [-0.2, 0) is 6.54 Å². The van der Waals surface area contributed by atoms with Crippen molar-refractivity contribution in [3.8, 4) is 11.4 Å². The fraction of sp³-hybridized carbons (Fsp3) is 0.238. The highest BCUT2D eigenvalue weighted by molar-refractivity contribution is 5.62. The molecule has 1 aliphatic rings. The molecule has 0 bridgehead atoms. The summed E-state index contributed by atoms with van der Waals surface area (Å²) in [5.41, 5.74) is 3.61. The summed E-state index contributed by atoms with van der Waals surface area (Å²) in [7, 11) is 0. The predicted molar refractivity (Wildman–Crippen MR) is 110 cm³/mol. The van der Waals surface area contributed by atoms with Gasteiger partial charge >= 0.3 is 0 Å². The van der Waals surface area contributed by atoms with Crippen molar-refractivity contribution in [2.45, 2.75) is 19.1 Å². The summed E-state index contributed by atoms with van der Waals surface area (Å²) in [6.45, 7) is 1.74.